The normalized spacial score (nSPS) is 12.0. The molecular weight excluding hydrogens is 272 g/mol. The topological polar surface area (TPSA) is 0 Å². The molecule has 0 aromatic carbocycles. The molecule has 0 bridgehead atoms. The van der Waals surface area contributed by atoms with Crippen LogP contribution in [0.3, 0.4) is 0 Å². The van der Waals surface area contributed by atoms with Crippen LogP contribution in [0.1, 0.15) is 103 Å². The van der Waals surface area contributed by atoms with Gasteiger partial charge >= 0.3 is 0 Å². The van der Waals surface area contributed by atoms with Gasteiger partial charge in [0.15, 0.2) is 0 Å². The summed E-state index contributed by atoms with van der Waals surface area (Å²) >= 11 is 1.87. The zero-order chi connectivity index (χ0) is 15.6. The monoisotopic (exact) mass is 308 g/mol. The summed E-state index contributed by atoms with van der Waals surface area (Å²) in [5.74, 6) is 0. The van der Waals surface area contributed by atoms with Crippen molar-refractivity contribution in [2.45, 2.75) is 104 Å². The summed E-state index contributed by atoms with van der Waals surface area (Å²) in [5.41, 5.74) is 3.49. The highest BCUT2D eigenvalue weighted by Crippen LogP contribution is 2.30. The maximum atomic E-state index is 2.37. The van der Waals surface area contributed by atoms with Crippen LogP contribution < -0.4 is 0 Å². The molecule has 1 heterocycles. The smallest absolute Gasteiger partial charge is 0.00531 e. The second-order valence-electron chi connectivity index (χ2n) is 7.49. The number of aryl methyl sites for hydroxylation is 1. The minimum atomic E-state index is 0.313. The molecule has 1 rings (SSSR count). The number of unbranched alkanes of at least 4 members (excludes halogenated alkanes) is 9. The molecule has 0 saturated carbocycles. The first-order valence-corrected chi connectivity index (χ1v) is 10.1. The summed E-state index contributed by atoms with van der Waals surface area (Å²) in [6.07, 6.45) is 15.5. The first-order valence-electron chi connectivity index (χ1n) is 9.11. The van der Waals surface area contributed by atoms with Crippen LogP contribution >= 0.6 is 11.3 Å². The second-order valence-corrected chi connectivity index (χ2v) is 8.24. The van der Waals surface area contributed by atoms with Gasteiger partial charge in [-0.3, -0.25) is 0 Å². The van der Waals surface area contributed by atoms with E-state index >= 15 is 0 Å². The first kappa shape index (κ1) is 18.7. The molecule has 0 aliphatic carbocycles. The molecule has 21 heavy (non-hydrogen) atoms. The van der Waals surface area contributed by atoms with E-state index in [0.717, 1.165) is 0 Å². The number of hydrogen-bond acceptors (Lipinski definition) is 1. The summed E-state index contributed by atoms with van der Waals surface area (Å²) < 4.78 is 0. The van der Waals surface area contributed by atoms with E-state index in [1.54, 1.807) is 11.1 Å². The zero-order valence-electron chi connectivity index (χ0n) is 14.8. The predicted molar refractivity (Wildman–Crippen MR) is 98.6 cm³/mol. The highest BCUT2D eigenvalue weighted by molar-refractivity contribution is 7.08. The van der Waals surface area contributed by atoms with E-state index in [1.165, 1.54) is 70.6 Å². The molecule has 0 N–H and O–H groups in total. The summed E-state index contributed by atoms with van der Waals surface area (Å²) in [7, 11) is 0. The van der Waals surface area contributed by atoms with Crippen LogP contribution in [0.15, 0.2) is 10.8 Å². The van der Waals surface area contributed by atoms with Crippen molar-refractivity contribution in [1.82, 2.24) is 0 Å². The lowest BCUT2D eigenvalue weighted by Gasteiger charge is -2.19. The molecule has 1 heteroatoms. The van der Waals surface area contributed by atoms with Gasteiger partial charge in [0.05, 0.1) is 0 Å². The van der Waals surface area contributed by atoms with Gasteiger partial charge < -0.3 is 0 Å². The molecule has 0 atom stereocenters. The predicted octanol–water partition coefficient (Wildman–Crippen LogP) is 7.51. The summed E-state index contributed by atoms with van der Waals surface area (Å²) in [6.45, 7) is 9.28. The molecule has 0 spiro atoms. The summed E-state index contributed by atoms with van der Waals surface area (Å²) in [6, 6.07) is 0. The lowest BCUT2D eigenvalue weighted by Crippen LogP contribution is -2.12. The third kappa shape index (κ3) is 8.04. The van der Waals surface area contributed by atoms with E-state index in [4.69, 9.17) is 0 Å². The Morgan fingerprint density at radius 2 is 1.29 bits per heavy atom. The zero-order valence-corrected chi connectivity index (χ0v) is 15.7. The van der Waals surface area contributed by atoms with E-state index in [0.29, 0.717) is 5.41 Å². The minimum absolute atomic E-state index is 0.313. The highest BCUT2D eigenvalue weighted by atomic mass is 32.1. The third-order valence-corrected chi connectivity index (χ3v) is 5.14. The van der Waals surface area contributed by atoms with Crippen molar-refractivity contribution in [2.75, 3.05) is 0 Å². The van der Waals surface area contributed by atoms with Gasteiger partial charge in [-0.1, -0.05) is 85.5 Å². The van der Waals surface area contributed by atoms with Crippen molar-refractivity contribution in [1.29, 1.82) is 0 Å². The fraction of sp³-hybridized carbons (Fsp3) is 0.800. The van der Waals surface area contributed by atoms with Crippen LogP contribution in [0.5, 0.6) is 0 Å². The Kier molecular flexibility index (Phi) is 9.31. The van der Waals surface area contributed by atoms with Crippen molar-refractivity contribution in [3.63, 3.8) is 0 Å². The molecular formula is C20H36S. The largest absolute Gasteiger partial charge is 0.152 e. The average Bonchev–Trinajstić information content (AvgIpc) is 2.89. The van der Waals surface area contributed by atoms with E-state index in [2.05, 4.69) is 38.5 Å². The quantitative estimate of drug-likeness (QED) is 0.371. The van der Waals surface area contributed by atoms with E-state index in [9.17, 15) is 0 Å². The van der Waals surface area contributed by atoms with Crippen LogP contribution in [-0.2, 0) is 11.8 Å². The van der Waals surface area contributed by atoms with E-state index in [1.807, 2.05) is 11.3 Å². The van der Waals surface area contributed by atoms with Gasteiger partial charge in [-0.05, 0) is 40.1 Å². The molecule has 1 aromatic heterocycles. The summed E-state index contributed by atoms with van der Waals surface area (Å²) in [5, 5.41) is 4.72. The maximum absolute atomic E-state index is 2.37. The van der Waals surface area contributed by atoms with Crippen LogP contribution in [0, 0.1) is 0 Å². The van der Waals surface area contributed by atoms with Crippen molar-refractivity contribution < 1.29 is 0 Å². The van der Waals surface area contributed by atoms with Crippen molar-refractivity contribution in [2.24, 2.45) is 0 Å². The molecule has 122 valence electrons. The SMILES string of the molecule is CCCCCCCCCCCCc1cscc1C(C)(C)C. The summed E-state index contributed by atoms with van der Waals surface area (Å²) in [4.78, 5) is 0. The molecule has 0 aliphatic rings. The molecule has 0 unspecified atom stereocenters. The average molecular weight is 309 g/mol. The fourth-order valence-corrected chi connectivity index (χ4v) is 4.10. The molecule has 0 aliphatic heterocycles. The number of rotatable bonds is 11. The molecule has 0 fully saturated rings. The lowest BCUT2D eigenvalue weighted by atomic mass is 9.85. The molecule has 0 amide bonds. The van der Waals surface area contributed by atoms with Gasteiger partial charge in [0.25, 0.3) is 0 Å². The van der Waals surface area contributed by atoms with Gasteiger partial charge in [0, 0.05) is 0 Å². The van der Waals surface area contributed by atoms with E-state index < -0.39 is 0 Å². The van der Waals surface area contributed by atoms with E-state index in [-0.39, 0.29) is 0 Å². The van der Waals surface area contributed by atoms with Crippen LogP contribution in [-0.4, -0.2) is 0 Å². The Labute approximate surface area is 137 Å². The molecule has 0 nitrogen and oxygen atoms in total. The van der Waals surface area contributed by atoms with Crippen molar-refractivity contribution in [3.8, 4) is 0 Å². The maximum Gasteiger partial charge on any atom is -0.00531 e. The van der Waals surface area contributed by atoms with Crippen LogP contribution in [0.4, 0.5) is 0 Å². The number of hydrogen-bond donors (Lipinski definition) is 0. The van der Waals surface area contributed by atoms with Crippen molar-refractivity contribution >= 4 is 11.3 Å². The standard InChI is InChI=1S/C20H36S/c1-5-6-7-8-9-10-11-12-13-14-15-18-16-21-17-19(18)20(2,3)4/h16-17H,5-15H2,1-4H3. The Balaban J connectivity index is 2.04. The van der Waals surface area contributed by atoms with Gasteiger partial charge in [-0.25, -0.2) is 0 Å². The lowest BCUT2D eigenvalue weighted by molar-refractivity contribution is 0.552. The third-order valence-electron chi connectivity index (χ3n) is 4.35. The highest BCUT2D eigenvalue weighted by Gasteiger charge is 2.18. The Morgan fingerprint density at radius 1 is 0.762 bits per heavy atom. The second kappa shape index (κ2) is 10.4. The molecule has 0 saturated heterocycles. The Bertz CT molecular complexity index is 356. The Morgan fingerprint density at radius 3 is 1.81 bits per heavy atom. The van der Waals surface area contributed by atoms with Gasteiger partial charge in [-0.2, -0.15) is 11.3 Å². The molecule has 1 aromatic rings. The first-order chi connectivity index (χ1) is 10.1. The van der Waals surface area contributed by atoms with Crippen LogP contribution in [0.2, 0.25) is 0 Å². The fourth-order valence-electron chi connectivity index (χ4n) is 2.98. The van der Waals surface area contributed by atoms with Crippen molar-refractivity contribution in [3.05, 3.63) is 21.9 Å². The van der Waals surface area contributed by atoms with Gasteiger partial charge in [0.2, 0.25) is 0 Å². The minimum Gasteiger partial charge on any atom is -0.152 e. The van der Waals surface area contributed by atoms with Gasteiger partial charge in [-0.15, -0.1) is 0 Å². The molecule has 0 radical (unpaired) electrons. The Hall–Kier alpha value is -0.300. The number of thiophene rings is 1. The van der Waals surface area contributed by atoms with Gasteiger partial charge in [0.1, 0.15) is 0 Å². The van der Waals surface area contributed by atoms with Crippen LogP contribution in [0.25, 0.3) is 0 Å².